The maximum absolute atomic E-state index is 14.7. The largest absolute Gasteiger partial charge is 0.373 e. The smallest absolute Gasteiger partial charge is 0.283 e. The molecule has 1 atom stereocenters. The first-order valence-corrected chi connectivity index (χ1v) is 11.4. The van der Waals surface area contributed by atoms with Crippen molar-refractivity contribution in [3.05, 3.63) is 57.6 Å². The molecule has 1 aliphatic heterocycles. The number of carbonyl (C=O) groups is 1. The van der Waals surface area contributed by atoms with E-state index in [0.29, 0.717) is 48.3 Å². The number of pyridine rings is 2. The third-order valence-electron chi connectivity index (χ3n) is 6.87. The number of hydrogen-bond donors (Lipinski definition) is 1. The number of anilines is 1. The highest BCUT2D eigenvalue weighted by Crippen LogP contribution is 2.37. The van der Waals surface area contributed by atoms with Gasteiger partial charge in [0.25, 0.3) is 12.0 Å². The van der Waals surface area contributed by atoms with Gasteiger partial charge in [0.2, 0.25) is 5.91 Å². The molecule has 9 nitrogen and oxygen atoms in total. The summed E-state index contributed by atoms with van der Waals surface area (Å²) in [6.45, 7) is 3.98. The molecule has 0 bridgehead atoms. The molecule has 3 aromatic heterocycles. The van der Waals surface area contributed by atoms with Crippen molar-refractivity contribution in [3.8, 4) is 0 Å². The molecule has 1 aliphatic rings. The van der Waals surface area contributed by atoms with Gasteiger partial charge in [-0.1, -0.05) is 0 Å². The highest BCUT2D eigenvalue weighted by Gasteiger charge is 2.40. The van der Waals surface area contributed by atoms with Gasteiger partial charge in [-0.05, 0) is 31.9 Å². The van der Waals surface area contributed by atoms with Crippen molar-refractivity contribution in [1.82, 2.24) is 24.4 Å². The lowest BCUT2D eigenvalue weighted by Crippen LogP contribution is -2.48. The average molecular weight is 505 g/mol. The van der Waals surface area contributed by atoms with E-state index in [1.165, 1.54) is 31.0 Å². The van der Waals surface area contributed by atoms with E-state index in [4.69, 9.17) is 4.74 Å². The van der Waals surface area contributed by atoms with Crippen LogP contribution in [0.1, 0.15) is 56.0 Å². The number of aromatic nitrogens is 4. The van der Waals surface area contributed by atoms with Crippen molar-refractivity contribution in [2.75, 3.05) is 25.5 Å². The minimum atomic E-state index is -3.05. The Morgan fingerprint density at radius 2 is 1.92 bits per heavy atom. The first-order chi connectivity index (χ1) is 17.1. The van der Waals surface area contributed by atoms with Gasteiger partial charge in [0.1, 0.15) is 29.1 Å². The van der Waals surface area contributed by atoms with Gasteiger partial charge in [-0.15, -0.1) is 0 Å². The van der Waals surface area contributed by atoms with Crippen LogP contribution in [-0.2, 0) is 22.2 Å². The molecule has 4 rings (SSSR count). The number of nitrogens with zero attached hydrogens (tertiary/aromatic N) is 5. The molecule has 12 heteroatoms. The molecule has 1 N–H and O–H groups in total. The van der Waals surface area contributed by atoms with Crippen LogP contribution in [0.15, 0.2) is 29.5 Å². The zero-order valence-corrected chi connectivity index (χ0v) is 20.4. The topological polar surface area (TPSA) is 102 Å². The second-order valence-electron chi connectivity index (χ2n) is 8.85. The van der Waals surface area contributed by atoms with E-state index in [9.17, 15) is 22.8 Å². The fourth-order valence-corrected chi connectivity index (χ4v) is 4.72. The highest BCUT2D eigenvalue weighted by atomic mass is 19.3. The monoisotopic (exact) mass is 504 g/mol. The van der Waals surface area contributed by atoms with Crippen LogP contribution in [0.25, 0.3) is 11.0 Å². The Balaban J connectivity index is 1.77. The Bertz CT molecular complexity index is 1350. The van der Waals surface area contributed by atoms with Gasteiger partial charge in [-0.2, -0.15) is 0 Å². The maximum Gasteiger partial charge on any atom is 0.283 e. The summed E-state index contributed by atoms with van der Waals surface area (Å²) >= 11 is 0. The molecule has 192 valence electrons. The predicted octanol–water partition coefficient (Wildman–Crippen LogP) is 3.46. The second kappa shape index (κ2) is 9.84. The number of aryl methyl sites for hydroxylation is 1. The van der Waals surface area contributed by atoms with E-state index in [-0.39, 0.29) is 17.0 Å². The third-order valence-corrected chi connectivity index (χ3v) is 6.87. The van der Waals surface area contributed by atoms with E-state index >= 15 is 0 Å². The normalized spacial score (nSPS) is 16.4. The van der Waals surface area contributed by atoms with Crippen LogP contribution in [0.3, 0.4) is 0 Å². The van der Waals surface area contributed by atoms with Crippen molar-refractivity contribution in [2.45, 2.75) is 44.8 Å². The van der Waals surface area contributed by atoms with Crippen LogP contribution in [0.2, 0.25) is 0 Å². The number of amides is 1. The molecule has 3 aromatic rings. The van der Waals surface area contributed by atoms with Crippen LogP contribution in [-0.4, -0.2) is 50.5 Å². The van der Waals surface area contributed by atoms with Gasteiger partial charge < -0.3 is 15.0 Å². The van der Waals surface area contributed by atoms with E-state index in [1.54, 1.807) is 24.9 Å². The van der Waals surface area contributed by atoms with Crippen molar-refractivity contribution in [1.29, 1.82) is 0 Å². The van der Waals surface area contributed by atoms with Gasteiger partial charge in [-0.3, -0.25) is 19.1 Å². The number of piperidine rings is 1. The number of ether oxygens (including phenoxy) is 1. The summed E-state index contributed by atoms with van der Waals surface area (Å²) in [6, 6.07) is 2.23. The summed E-state index contributed by atoms with van der Waals surface area (Å²) in [7, 11) is 3.11. The summed E-state index contributed by atoms with van der Waals surface area (Å²) in [5.74, 6) is -0.834. The molecule has 4 heterocycles. The van der Waals surface area contributed by atoms with Crippen molar-refractivity contribution in [2.24, 2.45) is 7.05 Å². The summed E-state index contributed by atoms with van der Waals surface area (Å²) < 4.78 is 48.2. The van der Waals surface area contributed by atoms with Gasteiger partial charge >= 0.3 is 0 Å². The second-order valence-corrected chi connectivity index (χ2v) is 8.85. The predicted molar refractivity (Wildman–Crippen MR) is 126 cm³/mol. The fraction of sp³-hybridized carbons (Fsp3) is 0.458. The molecular weight excluding hydrogens is 477 g/mol. The molecular formula is C24H27F3N6O3. The molecule has 36 heavy (non-hydrogen) atoms. The molecule has 1 unspecified atom stereocenters. The standard InChI is InChI=1S/C24H27F3N6O3/c1-13(15-5-8-28-19(18(15)25)20(26)27)31-21-16-11-17(23(35)32(3)22(16)30-12-29-21)24(36-4)6-9-33(10-7-24)14(2)34/h5,8,11-13,20H,6-7,9-10H2,1-4H3,(H,29,30,31). The van der Waals surface area contributed by atoms with Crippen LogP contribution < -0.4 is 10.9 Å². The molecule has 1 saturated heterocycles. The Morgan fingerprint density at radius 3 is 2.53 bits per heavy atom. The van der Waals surface area contributed by atoms with E-state index in [1.807, 2.05) is 0 Å². The van der Waals surface area contributed by atoms with Crippen LogP contribution in [0.4, 0.5) is 19.0 Å². The van der Waals surface area contributed by atoms with Crippen molar-refractivity contribution >= 4 is 22.8 Å². The lowest BCUT2D eigenvalue weighted by molar-refractivity contribution is -0.135. The molecule has 1 fully saturated rings. The lowest BCUT2D eigenvalue weighted by Gasteiger charge is -2.40. The van der Waals surface area contributed by atoms with Crippen LogP contribution >= 0.6 is 0 Å². The third kappa shape index (κ3) is 4.41. The van der Waals surface area contributed by atoms with E-state index < -0.39 is 29.6 Å². The molecule has 1 amide bonds. The van der Waals surface area contributed by atoms with E-state index in [2.05, 4.69) is 20.3 Å². The summed E-state index contributed by atoms with van der Waals surface area (Å²) in [4.78, 5) is 38.8. The number of fused-ring (bicyclic) bond motifs is 1. The molecule has 0 radical (unpaired) electrons. The molecule has 0 aliphatic carbocycles. The molecule has 0 aromatic carbocycles. The molecule has 0 spiro atoms. The minimum absolute atomic E-state index is 0.00192. The average Bonchev–Trinajstić information content (AvgIpc) is 2.86. The fourth-order valence-electron chi connectivity index (χ4n) is 4.72. The minimum Gasteiger partial charge on any atom is -0.373 e. The quantitative estimate of drug-likeness (QED) is 0.549. The van der Waals surface area contributed by atoms with E-state index in [0.717, 1.165) is 6.20 Å². The van der Waals surface area contributed by atoms with Gasteiger partial charge in [0.15, 0.2) is 5.82 Å². The number of alkyl halides is 2. The number of rotatable bonds is 6. The van der Waals surface area contributed by atoms with Crippen LogP contribution in [0.5, 0.6) is 0 Å². The number of likely N-dealkylation sites (tertiary alicyclic amines) is 1. The lowest BCUT2D eigenvalue weighted by atomic mass is 9.84. The number of carbonyl (C=O) groups excluding carboxylic acids is 1. The Hall–Kier alpha value is -3.54. The number of nitrogens with one attached hydrogen (secondary N) is 1. The zero-order valence-electron chi connectivity index (χ0n) is 20.4. The van der Waals surface area contributed by atoms with Crippen molar-refractivity contribution < 1.29 is 22.7 Å². The van der Waals surface area contributed by atoms with Crippen molar-refractivity contribution in [3.63, 3.8) is 0 Å². The summed E-state index contributed by atoms with van der Waals surface area (Å²) in [6.07, 6.45) is 0.202. The highest BCUT2D eigenvalue weighted by molar-refractivity contribution is 5.87. The SMILES string of the molecule is COC1(c2cc3c(NC(C)c4ccnc(C(F)F)c4F)ncnc3n(C)c2=O)CCN(C(C)=O)CC1. The Morgan fingerprint density at radius 1 is 1.22 bits per heavy atom. The Labute approximate surface area is 205 Å². The number of halogens is 3. The Kier molecular flexibility index (Phi) is 6.98. The number of hydrogen-bond acceptors (Lipinski definition) is 7. The maximum atomic E-state index is 14.7. The zero-order chi connectivity index (χ0) is 26.2. The first-order valence-electron chi connectivity index (χ1n) is 11.4. The van der Waals surface area contributed by atoms with Crippen LogP contribution in [0, 0.1) is 5.82 Å². The van der Waals surface area contributed by atoms with Gasteiger partial charge in [0, 0.05) is 45.9 Å². The summed E-state index contributed by atoms with van der Waals surface area (Å²) in [5, 5.41) is 3.55. The molecule has 0 saturated carbocycles. The first kappa shape index (κ1) is 25.5. The summed E-state index contributed by atoms with van der Waals surface area (Å²) in [5.41, 5.74) is -1.40. The number of methoxy groups -OCH3 is 1. The van der Waals surface area contributed by atoms with Gasteiger partial charge in [-0.25, -0.2) is 23.1 Å². The van der Waals surface area contributed by atoms with Gasteiger partial charge in [0.05, 0.1) is 17.0 Å².